The molecule has 6 nitrogen and oxygen atoms in total. The molecule has 0 spiro atoms. The maximum atomic E-state index is 12.6. The third-order valence-electron chi connectivity index (χ3n) is 2.88. The fraction of sp³-hybridized carbons (Fsp3) is 0.545. The van der Waals surface area contributed by atoms with E-state index in [-0.39, 0.29) is 18.7 Å². The van der Waals surface area contributed by atoms with E-state index in [1.165, 1.54) is 6.92 Å². The normalized spacial score (nSPS) is 20.0. The lowest BCUT2D eigenvalue weighted by molar-refractivity contribution is -0.233. The van der Waals surface area contributed by atoms with Gasteiger partial charge in [0.05, 0.1) is 13.2 Å². The molecule has 0 bridgehead atoms. The standard InChI is InChI=1S/C11H12F3N3O3/c1-6-15-4-7(9(18)16-6)10(19)17-2-3-20-8(5-17)11(12,13)14/h4,8H,2-3,5H2,1H3,(H,15,16,18). The molecule has 1 aromatic rings. The molecule has 1 aliphatic heterocycles. The van der Waals surface area contributed by atoms with Crippen molar-refractivity contribution in [2.45, 2.75) is 19.2 Å². The number of ether oxygens (including phenoxy) is 1. The summed E-state index contributed by atoms with van der Waals surface area (Å²) in [5, 5.41) is 0. The second-order valence-corrected chi connectivity index (χ2v) is 4.36. The molecule has 0 aliphatic carbocycles. The minimum absolute atomic E-state index is 0.00126. The summed E-state index contributed by atoms with van der Waals surface area (Å²) in [6.07, 6.45) is -5.51. The first-order valence-corrected chi connectivity index (χ1v) is 5.82. The summed E-state index contributed by atoms with van der Waals surface area (Å²) in [7, 11) is 0. The number of carbonyl (C=O) groups excluding carboxylic acids is 1. The molecule has 1 fully saturated rings. The largest absolute Gasteiger partial charge is 0.416 e. The van der Waals surface area contributed by atoms with E-state index in [0.29, 0.717) is 5.82 Å². The lowest BCUT2D eigenvalue weighted by Gasteiger charge is -2.33. The van der Waals surface area contributed by atoms with E-state index in [4.69, 9.17) is 0 Å². The van der Waals surface area contributed by atoms with Crippen molar-refractivity contribution in [2.75, 3.05) is 19.7 Å². The fourth-order valence-corrected chi connectivity index (χ4v) is 1.84. The minimum Gasteiger partial charge on any atom is -0.365 e. The highest BCUT2D eigenvalue weighted by Crippen LogP contribution is 2.26. The molecule has 1 atom stereocenters. The van der Waals surface area contributed by atoms with E-state index < -0.39 is 30.3 Å². The van der Waals surface area contributed by atoms with Crippen molar-refractivity contribution in [1.82, 2.24) is 14.9 Å². The van der Waals surface area contributed by atoms with Gasteiger partial charge in [-0.2, -0.15) is 13.2 Å². The van der Waals surface area contributed by atoms with Gasteiger partial charge >= 0.3 is 6.18 Å². The number of hydrogen-bond acceptors (Lipinski definition) is 4. The van der Waals surface area contributed by atoms with E-state index in [0.717, 1.165) is 11.1 Å². The van der Waals surface area contributed by atoms with Gasteiger partial charge in [0.2, 0.25) is 0 Å². The molecule has 1 amide bonds. The molecular weight excluding hydrogens is 279 g/mol. The monoisotopic (exact) mass is 291 g/mol. The average Bonchev–Trinajstić information content (AvgIpc) is 2.37. The average molecular weight is 291 g/mol. The van der Waals surface area contributed by atoms with Crippen LogP contribution in [-0.2, 0) is 4.74 Å². The Bertz CT molecular complexity index is 570. The van der Waals surface area contributed by atoms with Crippen LogP contribution in [0.2, 0.25) is 0 Å². The highest BCUT2D eigenvalue weighted by molar-refractivity contribution is 5.93. The summed E-state index contributed by atoms with van der Waals surface area (Å²) < 4.78 is 42.3. The number of hydrogen-bond donors (Lipinski definition) is 1. The molecule has 20 heavy (non-hydrogen) atoms. The lowest BCUT2D eigenvalue weighted by Crippen LogP contribution is -2.51. The molecule has 110 valence electrons. The highest BCUT2D eigenvalue weighted by Gasteiger charge is 2.44. The Kier molecular flexibility index (Phi) is 3.80. The van der Waals surface area contributed by atoms with Crippen LogP contribution in [0.4, 0.5) is 13.2 Å². The van der Waals surface area contributed by atoms with Crippen molar-refractivity contribution in [3.05, 3.63) is 27.9 Å². The van der Waals surface area contributed by atoms with Crippen LogP contribution in [0.25, 0.3) is 0 Å². The van der Waals surface area contributed by atoms with E-state index in [9.17, 15) is 22.8 Å². The number of alkyl halides is 3. The number of H-pyrrole nitrogens is 1. The third kappa shape index (κ3) is 2.98. The quantitative estimate of drug-likeness (QED) is 0.816. The molecule has 0 saturated carbocycles. The molecule has 9 heteroatoms. The number of halogens is 3. The topological polar surface area (TPSA) is 75.3 Å². The van der Waals surface area contributed by atoms with Gasteiger partial charge in [0.25, 0.3) is 11.5 Å². The van der Waals surface area contributed by atoms with Crippen LogP contribution in [0.15, 0.2) is 11.0 Å². The molecule has 1 aliphatic rings. The summed E-state index contributed by atoms with van der Waals surface area (Å²) in [5.41, 5.74) is -0.948. The van der Waals surface area contributed by atoms with Crippen LogP contribution in [0.3, 0.4) is 0 Å². The first kappa shape index (κ1) is 14.5. The number of rotatable bonds is 1. The second-order valence-electron chi connectivity index (χ2n) is 4.36. The Hall–Kier alpha value is -1.90. The van der Waals surface area contributed by atoms with Crippen LogP contribution in [0.1, 0.15) is 16.2 Å². The minimum atomic E-state index is -4.54. The Morgan fingerprint density at radius 2 is 2.25 bits per heavy atom. The predicted octanol–water partition coefficient (Wildman–Crippen LogP) is 0.482. The fourth-order valence-electron chi connectivity index (χ4n) is 1.84. The number of nitrogens with zero attached hydrogens (tertiary/aromatic N) is 2. The zero-order valence-corrected chi connectivity index (χ0v) is 10.5. The first-order valence-electron chi connectivity index (χ1n) is 5.82. The molecule has 2 heterocycles. The van der Waals surface area contributed by atoms with Crippen LogP contribution < -0.4 is 5.56 Å². The van der Waals surface area contributed by atoms with Gasteiger partial charge in [-0.3, -0.25) is 9.59 Å². The summed E-state index contributed by atoms with van der Waals surface area (Å²) in [6, 6.07) is 0. The van der Waals surface area contributed by atoms with Gasteiger partial charge in [0.1, 0.15) is 11.4 Å². The van der Waals surface area contributed by atoms with Crippen molar-refractivity contribution in [1.29, 1.82) is 0 Å². The van der Waals surface area contributed by atoms with E-state index in [1.54, 1.807) is 0 Å². The first-order chi connectivity index (χ1) is 9.29. The van der Waals surface area contributed by atoms with Gasteiger partial charge in [-0.05, 0) is 6.92 Å². The Morgan fingerprint density at radius 1 is 1.55 bits per heavy atom. The van der Waals surface area contributed by atoms with Gasteiger partial charge in [0.15, 0.2) is 6.10 Å². The summed E-state index contributed by atoms with van der Waals surface area (Å²) >= 11 is 0. The maximum Gasteiger partial charge on any atom is 0.416 e. The lowest BCUT2D eigenvalue weighted by atomic mass is 10.2. The highest BCUT2D eigenvalue weighted by atomic mass is 19.4. The molecule has 2 rings (SSSR count). The molecule has 1 saturated heterocycles. The van der Waals surface area contributed by atoms with Gasteiger partial charge in [-0.25, -0.2) is 4.98 Å². The smallest absolute Gasteiger partial charge is 0.365 e. The van der Waals surface area contributed by atoms with Crippen molar-refractivity contribution in [3.63, 3.8) is 0 Å². The van der Waals surface area contributed by atoms with Gasteiger partial charge in [-0.1, -0.05) is 0 Å². The van der Waals surface area contributed by atoms with Crippen LogP contribution in [0, 0.1) is 6.92 Å². The number of aromatic amines is 1. The van der Waals surface area contributed by atoms with Crippen molar-refractivity contribution in [3.8, 4) is 0 Å². The van der Waals surface area contributed by atoms with Crippen LogP contribution in [0.5, 0.6) is 0 Å². The molecule has 0 aromatic carbocycles. The summed E-state index contributed by atoms with van der Waals surface area (Å²) in [5.74, 6) is -0.460. The van der Waals surface area contributed by atoms with E-state index >= 15 is 0 Å². The van der Waals surface area contributed by atoms with Gasteiger partial charge in [-0.15, -0.1) is 0 Å². The number of carbonyl (C=O) groups is 1. The molecule has 1 N–H and O–H groups in total. The maximum absolute atomic E-state index is 12.6. The summed E-state index contributed by atoms with van der Waals surface area (Å²) in [4.78, 5) is 30.7. The van der Waals surface area contributed by atoms with Crippen LogP contribution >= 0.6 is 0 Å². The third-order valence-corrected chi connectivity index (χ3v) is 2.88. The van der Waals surface area contributed by atoms with E-state index in [1.807, 2.05) is 0 Å². The molecule has 0 radical (unpaired) electrons. The van der Waals surface area contributed by atoms with Crippen molar-refractivity contribution < 1.29 is 22.7 Å². The Labute approximate surface area is 111 Å². The number of aryl methyl sites for hydroxylation is 1. The zero-order chi connectivity index (χ0) is 14.9. The SMILES string of the molecule is Cc1ncc(C(=O)N2CCOC(C(F)(F)F)C2)c(=O)[nH]1. The number of aromatic nitrogens is 2. The number of amides is 1. The molecular formula is C11H12F3N3O3. The van der Waals surface area contributed by atoms with E-state index in [2.05, 4.69) is 14.7 Å². The zero-order valence-electron chi connectivity index (χ0n) is 10.5. The second kappa shape index (κ2) is 5.23. The van der Waals surface area contributed by atoms with Crippen LogP contribution in [-0.4, -0.2) is 52.8 Å². The summed E-state index contributed by atoms with van der Waals surface area (Å²) in [6.45, 7) is 0.672. The van der Waals surface area contributed by atoms with Gasteiger partial charge in [0, 0.05) is 12.7 Å². The Balaban J connectivity index is 2.19. The molecule has 1 unspecified atom stereocenters. The Morgan fingerprint density at radius 3 is 2.85 bits per heavy atom. The number of morpholine rings is 1. The van der Waals surface area contributed by atoms with Crippen molar-refractivity contribution in [2.24, 2.45) is 0 Å². The number of nitrogens with one attached hydrogen (secondary N) is 1. The predicted molar refractivity (Wildman–Crippen MR) is 61.3 cm³/mol. The van der Waals surface area contributed by atoms with Gasteiger partial charge < -0.3 is 14.6 Å². The molecule has 1 aromatic heterocycles. The van der Waals surface area contributed by atoms with Crippen molar-refractivity contribution >= 4 is 5.91 Å².